The topological polar surface area (TPSA) is 21.3 Å². The molecule has 1 atom stereocenters. The molecule has 0 saturated heterocycles. The van der Waals surface area contributed by atoms with Gasteiger partial charge in [-0.25, -0.2) is 13.2 Å². The van der Waals surface area contributed by atoms with Crippen molar-refractivity contribution in [3.05, 3.63) is 29.6 Å². The molecule has 1 aromatic rings. The molecule has 0 radical (unpaired) electrons. The SMILES string of the molecule is COC(C)CNc1c(F)cc(F)cc1F. The van der Waals surface area contributed by atoms with Gasteiger partial charge in [0.25, 0.3) is 0 Å². The zero-order chi connectivity index (χ0) is 11.4. The number of rotatable bonds is 4. The number of anilines is 1. The third kappa shape index (κ3) is 3.13. The van der Waals surface area contributed by atoms with Gasteiger partial charge < -0.3 is 10.1 Å². The highest BCUT2D eigenvalue weighted by Gasteiger charge is 2.11. The first-order valence-corrected chi connectivity index (χ1v) is 4.45. The first-order chi connectivity index (χ1) is 7.04. The largest absolute Gasteiger partial charge is 0.380 e. The van der Waals surface area contributed by atoms with E-state index in [0.717, 1.165) is 0 Å². The Morgan fingerprint density at radius 1 is 1.27 bits per heavy atom. The fourth-order valence-corrected chi connectivity index (χ4v) is 1.04. The molecule has 1 rings (SSSR count). The third-order valence-electron chi connectivity index (χ3n) is 1.98. The third-order valence-corrected chi connectivity index (χ3v) is 1.98. The van der Waals surface area contributed by atoms with Crippen LogP contribution in [0.5, 0.6) is 0 Å². The van der Waals surface area contributed by atoms with Crippen LogP contribution >= 0.6 is 0 Å². The molecule has 0 bridgehead atoms. The highest BCUT2D eigenvalue weighted by atomic mass is 19.1. The number of hydrogen-bond donors (Lipinski definition) is 1. The molecule has 1 aromatic carbocycles. The Morgan fingerprint density at radius 3 is 2.27 bits per heavy atom. The van der Waals surface area contributed by atoms with Gasteiger partial charge in [-0.3, -0.25) is 0 Å². The van der Waals surface area contributed by atoms with Crippen molar-refractivity contribution in [2.45, 2.75) is 13.0 Å². The van der Waals surface area contributed by atoms with E-state index in [-0.39, 0.29) is 18.3 Å². The average molecular weight is 219 g/mol. The molecular formula is C10H12F3NO. The van der Waals surface area contributed by atoms with Crippen LogP contribution in [-0.2, 0) is 4.74 Å². The minimum absolute atomic E-state index is 0.186. The first-order valence-electron chi connectivity index (χ1n) is 4.45. The Hall–Kier alpha value is -1.23. The zero-order valence-electron chi connectivity index (χ0n) is 8.48. The van der Waals surface area contributed by atoms with E-state index in [2.05, 4.69) is 5.32 Å². The van der Waals surface area contributed by atoms with Gasteiger partial charge in [0.1, 0.15) is 11.5 Å². The molecule has 5 heteroatoms. The lowest BCUT2D eigenvalue weighted by atomic mass is 10.2. The van der Waals surface area contributed by atoms with Crippen LogP contribution in [0.25, 0.3) is 0 Å². The number of halogens is 3. The number of benzene rings is 1. The van der Waals surface area contributed by atoms with Gasteiger partial charge in [0.05, 0.1) is 6.10 Å². The Bertz CT molecular complexity index is 320. The van der Waals surface area contributed by atoms with E-state index >= 15 is 0 Å². The van der Waals surface area contributed by atoms with Gasteiger partial charge >= 0.3 is 0 Å². The Labute approximate surface area is 86.1 Å². The second-order valence-electron chi connectivity index (χ2n) is 3.17. The zero-order valence-corrected chi connectivity index (χ0v) is 8.48. The van der Waals surface area contributed by atoms with Crippen LogP contribution in [0.2, 0.25) is 0 Å². The summed E-state index contributed by atoms with van der Waals surface area (Å²) >= 11 is 0. The van der Waals surface area contributed by atoms with Crippen molar-refractivity contribution in [1.82, 2.24) is 0 Å². The molecule has 1 unspecified atom stereocenters. The molecule has 0 aromatic heterocycles. The van der Waals surface area contributed by atoms with Gasteiger partial charge in [-0.15, -0.1) is 0 Å². The lowest BCUT2D eigenvalue weighted by Gasteiger charge is -2.13. The number of ether oxygens (including phenoxy) is 1. The summed E-state index contributed by atoms with van der Waals surface area (Å²) in [5, 5.41) is 2.52. The van der Waals surface area contributed by atoms with Gasteiger partial charge in [-0.05, 0) is 6.92 Å². The van der Waals surface area contributed by atoms with E-state index in [1.165, 1.54) is 7.11 Å². The first kappa shape index (κ1) is 11.8. The van der Waals surface area contributed by atoms with Gasteiger partial charge in [-0.1, -0.05) is 0 Å². The predicted molar refractivity (Wildman–Crippen MR) is 51.3 cm³/mol. The predicted octanol–water partition coefficient (Wildman–Crippen LogP) is 2.55. The molecule has 0 spiro atoms. The summed E-state index contributed by atoms with van der Waals surface area (Å²) < 4.78 is 43.6. The normalized spacial score (nSPS) is 12.6. The highest BCUT2D eigenvalue weighted by molar-refractivity contribution is 5.46. The monoisotopic (exact) mass is 219 g/mol. The van der Waals surface area contributed by atoms with Gasteiger partial charge in [0.2, 0.25) is 0 Å². The standard InChI is InChI=1S/C10H12F3NO/c1-6(15-2)5-14-10-8(12)3-7(11)4-9(10)13/h3-4,6,14H,5H2,1-2H3. The lowest BCUT2D eigenvalue weighted by Crippen LogP contribution is -2.19. The summed E-state index contributed by atoms with van der Waals surface area (Å²) in [6.45, 7) is 1.99. The van der Waals surface area contributed by atoms with Crippen molar-refractivity contribution >= 4 is 5.69 Å². The van der Waals surface area contributed by atoms with Crippen molar-refractivity contribution in [2.24, 2.45) is 0 Å². The van der Waals surface area contributed by atoms with Gasteiger partial charge in [-0.2, -0.15) is 0 Å². The Balaban J connectivity index is 2.77. The smallest absolute Gasteiger partial charge is 0.152 e. The van der Waals surface area contributed by atoms with Crippen molar-refractivity contribution < 1.29 is 17.9 Å². The van der Waals surface area contributed by atoms with Gasteiger partial charge in [0, 0.05) is 25.8 Å². The van der Waals surface area contributed by atoms with Crippen molar-refractivity contribution in [1.29, 1.82) is 0 Å². The second kappa shape index (κ2) is 5.02. The summed E-state index contributed by atoms with van der Waals surface area (Å²) in [6.07, 6.45) is -0.186. The summed E-state index contributed by atoms with van der Waals surface area (Å²) in [7, 11) is 1.49. The second-order valence-corrected chi connectivity index (χ2v) is 3.17. The Kier molecular flexibility index (Phi) is 3.96. The molecule has 0 fully saturated rings. The van der Waals surface area contributed by atoms with Gasteiger partial charge in [0.15, 0.2) is 11.6 Å². The van der Waals surface area contributed by atoms with Crippen LogP contribution in [-0.4, -0.2) is 19.8 Å². The fourth-order valence-electron chi connectivity index (χ4n) is 1.04. The molecule has 0 aliphatic heterocycles. The van der Waals surface area contributed by atoms with Crippen molar-refractivity contribution in [2.75, 3.05) is 19.0 Å². The van der Waals surface area contributed by atoms with Crippen LogP contribution < -0.4 is 5.32 Å². The molecule has 2 nitrogen and oxygen atoms in total. The van der Waals surface area contributed by atoms with Crippen LogP contribution in [0.3, 0.4) is 0 Å². The molecule has 15 heavy (non-hydrogen) atoms. The van der Waals surface area contributed by atoms with Crippen LogP contribution in [0.4, 0.5) is 18.9 Å². The molecule has 0 saturated carbocycles. The number of nitrogens with one attached hydrogen (secondary N) is 1. The van der Waals surface area contributed by atoms with Crippen molar-refractivity contribution in [3.63, 3.8) is 0 Å². The molecule has 1 N–H and O–H groups in total. The molecule has 0 heterocycles. The summed E-state index contributed by atoms with van der Waals surface area (Å²) in [6, 6.07) is 1.26. The highest BCUT2D eigenvalue weighted by Crippen LogP contribution is 2.19. The fraction of sp³-hybridized carbons (Fsp3) is 0.400. The van der Waals surface area contributed by atoms with E-state index in [1.807, 2.05) is 0 Å². The van der Waals surface area contributed by atoms with Crippen LogP contribution in [0, 0.1) is 17.5 Å². The molecular weight excluding hydrogens is 207 g/mol. The molecule has 84 valence electrons. The number of hydrogen-bond acceptors (Lipinski definition) is 2. The average Bonchev–Trinajstić information content (AvgIpc) is 2.15. The number of methoxy groups -OCH3 is 1. The molecule has 0 aliphatic carbocycles. The van der Waals surface area contributed by atoms with E-state index in [1.54, 1.807) is 6.92 Å². The maximum absolute atomic E-state index is 13.1. The lowest BCUT2D eigenvalue weighted by molar-refractivity contribution is 0.128. The van der Waals surface area contributed by atoms with Crippen molar-refractivity contribution in [3.8, 4) is 0 Å². The minimum Gasteiger partial charge on any atom is -0.380 e. The summed E-state index contributed by atoms with van der Waals surface area (Å²) in [4.78, 5) is 0. The van der Waals surface area contributed by atoms with E-state index in [9.17, 15) is 13.2 Å². The van der Waals surface area contributed by atoms with Crippen LogP contribution in [0.1, 0.15) is 6.92 Å². The van der Waals surface area contributed by atoms with Crippen LogP contribution in [0.15, 0.2) is 12.1 Å². The minimum atomic E-state index is -0.948. The summed E-state index contributed by atoms with van der Waals surface area (Å²) in [5.74, 6) is -2.83. The molecule has 0 amide bonds. The maximum Gasteiger partial charge on any atom is 0.152 e. The van der Waals surface area contributed by atoms with E-state index < -0.39 is 17.5 Å². The Morgan fingerprint density at radius 2 is 1.80 bits per heavy atom. The van der Waals surface area contributed by atoms with E-state index in [0.29, 0.717) is 12.1 Å². The molecule has 0 aliphatic rings. The van der Waals surface area contributed by atoms with E-state index in [4.69, 9.17) is 4.74 Å². The quantitative estimate of drug-likeness (QED) is 0.840. The maximum atomic E-state index is 13.1. The summed E-state index contributed by atoms with van der Waals surface area (Å²) in [5.41, 5.74) is -0.333.